The van der Waals surface area contributed by atoms with Crippen molar-refractivity contribution < 1.29 is 17.9 Å². The summed E-state index contributed by atoms with van der Waals surface area (Å²) in [6.07, 6.45) is 5.27. The molecule has 1 aliphatic heterocycles. The van der Waals surface area contributed by atoms with E-state index in [4.69, 9.17) is 16.3 Å². The average molecular weight is 449 g/mol. The molecule has 0 spiro atoms. The third-order valence-corrected chi connectivity index (χ3v) is 6.76. The molecule has 1 unspecified atom stereocenters. The zero-order valence-corrected chi connectivity index (χ0v) is 17.6. The molecule has 3 aromatic rings. The Morgan fingerprint density at radius 3 is 2.93 bits per heavy atom. The van der Waals surface area contributed by atoms with Gasteiger partial charge in [0, 0.05) is 31.1 Å². The number of fused-ring (bicyclic) bond motifs is 1. The molecule has 2 aromatic heterocycles. The number of nitrogens with zero attached hydrogens (tertiary/aromatic N) is 2. The molecule has 1 fully saturated rings. The summed E-state index contributed by atoms with van der Waals surface area (Å²) in [6, 6.07) is 9.81. The number of carbonyl (C=O) groups is 1. The summed E-state index contributed by atoms with van der Waals surface area (Å²) >= 11 is 6.10. The SMILES string of the molecule is O=C(NCc1cn2ccccc2n1)c1ccc(Cl)c(S(=O)(=O)NCC2CCCO2)c1. The Hall–Kier alpha value is -2.46. The molecule has 1 amide bonds. The van der Waals surface area contributed by atoms with Crippen LogP contribution in [0.2, 0.25) is 5.02 Å². The maximum atomic E-state index is 12.7. The smallest absolute Gasteiger partial charge is 0.251 e. The fraction of sp³-hybridized carbons (Fsp3) is 0.300. The van der Waals surface area contributed by atoms with Crippen LogP contribution in [-0.2, 0) is 21.3 Å². The average Bonchev–Trinajstić information content (AvgIpc) is 3.40. The van der Waals surface area contributed by atoms with Crippen LogP contribution in [0.25, 0.3) is 5.65 Å². The van der Waals surface area contributed by atoms with E-state index in [1.807, 2.05) is 35.0 Å². The molecular weight excluding hydrogens is 428 g/mol. The van der Waals surface area contributed by atoms with E-state index in [0.29, 0.717) is 12.3 Å². The number of imidazole rings is 1. The molecule has 0 aliphatic carbocycles. The highest BCUT2D eigenvalue weighted by molar-refractivity contribution is 7.89. The molecule has 1 aromatic carbocycles. The summed E-state index contributed by atoms with van der Waals surface area (Å²) < 4.78 is 35.1. The standard InChI is InChI=1S/C20H21ClN4O4S/c21-17-7-6-14(10-18(17)30(27,28)23-12-16-4-3-9-29-16)20(26)22-11-15-13-25-8-2-1-5-19(25)24-15/h1-2,5-8,10,13,16,23H,3-4,9,11-12H2,(H,22,26). The van der Waals surface area contributed by atoms with Gasteiger partial charge in [0.15, 0.2) is 0 Å². The molecule has 1 saturated heterocycles. The van der Waals surface area contributed by atoms with Gasteiger partial charge in [0.2, 0.25) is 10.0 Å². The Morgan fingerprint density at radius 1 is 1.30 bits per heavy atom. The number of rotatable bonds is 7. The van der Waals surface area contributed by atoms with Crippen molar-refractivity contribution in [3.05, 3.63) is 65.1 Å². The minimum atomic E-state index is -3.88. The number of hydrogen-bond donors (Lipinski definition) is 2. The summed E-state index contributed by atoms with van der Waals surface area (Å²) in [5.74, 6) is -0.417. The topological polar surface area (TPSA) is 102 Å². The molecular formula is C20H21ClN4O4S. The molecule has 0 bridgehead atoms. The number of carbonyl (C=O) groups excluding carboxylic acids is 1. The normalized spacial score (nSPS) is 16.8. The lowest BCUT2D eigenvalue weighted by atomic mass is 10.2. The van der Waals surface area contributed by atoms with Gasteiger partial charge >= 0.3 is 0 Å². The molecule has 2 N–H and O–H groups in total. The Kier molecular flexibility index (Phi) is 6.05. The van der Waals surface area contributed by atoms with E-state index in [0.717, 1.165) is 18.5 Å². The molecule has 4 rings (SSSR count). The van der Waals surface area contributed by atoms with Crippen LogP contribution in [0.15, 0.2) is 53.7 Å². The molecule has 0 saturated carbocycles. The van der Waals surface area contributed by atoms with Gasteiger partial charge in [-0.2, -0.15) is 0 Å². The quantitative estimate of drug-likeness (QED) is 0.577. The van der Waals surface area contributed by atoms with Crippen molar-refractivity contribution in [2.45, 2.75) is 30.4 Å². The highest BCUT2D eigenvalue weighted by Crippen LogP contribution is 2.23. The molecule has 0 radical (unpaired) electrons. The Morgan fingerprint density at radius 2 is 2.17 bits per heavy atom. The Bertz CT molecular complexity index is 1140. The van der Waals surface area contributed by atoms with E-state index in [-0.39, 0.29) is 34.7 Å². The van der Waals surface area contributed by atoms with Gasteiger partial charge in [-0.05, 0) is 43.2 Å². The molecule has 1 aliphatic rings. The zero-order chi connectivity index (χ0) is 21.1. The number of sulfonamides is 1. The van der Waals surface area contributed by atoms with Gasteiger partial charge in [0.25, 0.3) is 5.91 Å². The van der Waals surface area contributed by atoms with Gasteiger partial charge in [-0.3, -0.25) is 4.79 Å². The third-order valence-electron chi connectivity index (χ3n) is 4.85. The van der Waals surface area contributed by atoms with Crippen LogP contribution < -0.4 is 10.0 Å². The number of halogens is 1. The van der Waals surface area contributed by atoms with Gasteiger partial charge in [-0.25, -0.2) is 18.1 Å². The number of benzene rings is 1. The van der Waals surface area contributed by atoms with Crippen molar-refractivity contribution in [1.82, 2.24) is 19.4 Å². The van der Waals surface area contributed by atoms with Crippen LogP contribution in [0.1, 0.15) is 28.9 Å². The van der Waals surface area contributed by atoms with Crippen LogP contribution in [0, 0.1) is 0 Å². The van der Waals surface area contributed by atoms with Crippen LogP contribution >= 0.6 is 11.6 Å². The number of nitrogens with one attached hydrogen (secondary N) is 2. The molecule has 3 heterocycles. The number of hydrogen-bond acceptors (Lipinski definition) is 5. The van der Waals surface area contributed by atoms with Gasteiger partial charge in [-0.15, -0.1) is 0 Å². The van der Waals surface area contributed by atoms with Crippen molar-refractivity contribution in [1.29, 1.82) is 0 Å². The predicted molar refractivity (Wildman–Crippen MR) is 112 cm³/mol. The summed E-state index contributed by atoms with van der Waals surface area (Å²) in [4.78, 5) is 16.9. The fourth-order valence-corrected chi connectivity index (χ4v) is 4.87. The highest BCUT2D eigenvalue weighted by Gasteiger charge is 2.23. The third kappa shape index (κ3) is 4.65. The van der Waals surface area contributed by atoms with Gasteiger partial charge < -0.3 is 14.5 Å². The maximum absolute atomic E-state index is 12.7. The van der Waals surface area contributed by atoms with Crippen LogP contribution in [0.3, 0.4) is 0 Å². The minimum Gasteiger partial charge on any atom is -0.377 e. The van der Waals surface area contributed by atoms with E-state index >= 15 is 0 Å². The second-order valence-electron chi connectivity index (χ2n) is 7.01. The summed E-state index contributed by atoms with van der Waals surface area (Å²) in [6.45, 7) is 1.01. The molecule has 8 nitrogen and oxygen atoms in total. The Labute approximate surface area is 179 Å². The monoisotopic (exact) mass is 448 g/mol. The lowest BCUT2D eigenvalue weighted by Gasteiger charge is -2.13. The van der Waals surface area contributed by atoms with Crippen molar-refractivity contribution in [3.63, 3.8) is 0 Å². The number of amides is 1. The van der Waals surface area contributed by atoms with E-state index in [9.17, 15) is 13.2 Å². The lowest BCUT2D eigenvalue weighted by molar-refractivity contribution is 0.0950. The van der Waals surface area contributed by atoms with Crippen LogP contribution in [0.4, 0.5) is 0 Å². The summed E-state index contributed by atoms with van der Waals surface area (Å²) in [7, 11) is -3.88. The number of ether oxygens (including phenoxy) is 1. The largest absolute Gasteiger partial charge is 0.377 e. The molecule has 1 atom stereocenters. The summed E-state index contributed by atoms with van der Waals surface area (Å²) in [5.41, 5.74) is 1.66. The number of aromatic nitrogens is 2. The van der Waals surface area contributed by atoms with Crippen molar-refractivity contribution in [3.8, 4) is 0 Å². The van der Waals surface area contributed by atoms with Crippen molar-refractivity contribution >= 4 is 33.2 Å². The second-order valence-corrected chi connectivity index (χ2v) is 9.16. The van der Waals surface area contributed by atoms with E-state index in [1.54, 1.807) is 0 Å². The Balaban J connectivity index is 1.45. The van der Waals surface area contributed by atoms with Crippen LogP contribution in [-0.4, -0.2) is 43.0 Å². The van der Waals surface area contributed by atoms with Gasteiger partial charge in [-0.1, -0.05) is 17.7 Å². The first-order chi connectivity index (χ1) is 14.4. The van der Waals surface area contributed by atoms with Crippen molar-refractivity contribution in [2.24, 2.45) is 0 Å². The summed E-state index contributed by atoms with van der Waals surface area (Å²) in [5, 5.41) is 2.81. The van der Waals surface area contributed by atoms with Crippen molar-refractivity contribution in [2.75, 3.05) is 13.2 Å². The zero-order valence-electron chi connectivity index (χ0n) is 16.0. The first-order valence-corrected chi connectivity index (χ1v) is 11.4. The van der Waals surface area contributed by atoms with Crippen LogP contribution in [0.5, 0.6) is 0 Å². The van der Waals surface area contributed by atoms with Gasteiger partial charge in [0.05, 0.1) is 23.4 Å². The first kappa shape index (κ1) is 20.8. The maximum Gasteiger partial charge on any atom is 0.251 e. The molecule has 30 heavy (non-hydrogen) atoms. The number of pyridine rings is 1. The van der Waals surface area contributed by atoms with E-state index < -0.39 is 15.9 Å². The molecule has 158 valence electrons. The van der Waals surface area contributed by atoms with E-state index in [1.165, 1.54) is 18.2 Å². The highest BCUT2D eigenvalue weighted by atomic mass is 35.5. The first-order valence-electron chi connectivity index (χ1n) is 9.54. The fourth-order valence-electron chi connectivity index (χ4n) is 3.28. The minimum absolute atomic E-state index is 0.0479. The molecule has 10 heteroatoms. The predicted octanol–water partition coefficient (Wildman–Crippen LogP) is 2.38. The van der Waals surface area contributed by atoms with Gasteiger partial charge in [0.1, 0.15) is 10.5 Å². The second kappa shape index (κ2) is 8.73. The lowest BCUT2D eigenvalue weighted by Crippen LogP contribution is -2.32. The van der Waals surface area contributed by atoms with E-state index in [2.05, 4.69) is 15.0 Å².